The van der Waals surface area contributed by atoms with Crippen molar-refractivity contribution in [2.24, 2.45) is 9.98 Å². The number of ketones is 1. The predicted octanol–water partition coefficient (Wildman–Crippen LogP) is 14.7. The van der Waals surface area contributed by atoms with Crippen molar-refractivity contribution in [3.8, 4) is 5.75 Å². The lowest BCUT2D eigenvalue weighted by molar-refractivity contribution is -0.120. The maximum Gasteiger partial charge on any atom is 0.252 e. The van der Waals surface area contributed by atoms with Gasteiger partial charge in [0, 0.05) is 87.7 Å². The molecule has 0 saturated carbocycles. The van der Waals surface area contributed by atoms with Crippen LogP contribution in [0.5, 0.6) is 5.75 Å². The zero-order valence-corrected chi connectivity index (χ0v) is 52.2. The molecule has 89 heavy (non-hydrogen) atoms. The minimum Gasteiger partial charge on any atom is -0.497 e. The minimum atomic E-state index is -0.685. The van der Waals surface area contributed by atoms with Gasteiger partial charge in [-0.1, -0.05) is 142 Å². The number of hydrogen-bond donors (Lipinski definition) is 2. The number of benzodiazepines with no additional fused rings is 1. The molecule has 0 radical (unpaired) electrons. The lowest BCUT2D eigenvalue weighted by atomic mass is 9.94. The number of carbonyl (C=O) groups excluding carboxylic acids is 4. The van der Waals surface area contributed by atoms with E-state index in [1.54, 1.807) is 31.9 Å². The molecule has 2 atom stereocenters. The summed E-state index contributed by atoms with van der Waals surface area (Å²) >= 11 is 13.0. The summed E-state index contributed by atoms with van der Waals surface area (Å²) in [6, 6.07) is 53.3. The summed E-state index contributed by atoms with van der Waals surface area (Å²) < 4.78 is 5.37. The average molecular weight is 1220 g/mol. The molecule has 2 N–H and O–H groups in total. The summed E-state index contributed by atoms with van der Waals surface area (Å²) in [4.78, 5) is 73.6. The topological polar surface area (TPSA) is 155 Å². The van der Waals surface area contributed by atoms with Crippen molar-refractivity contribution in [2.75, 3.05) is 22.6 Å². The van der Waals surface area contributed by atoms with Crippen LogP contribution < -0.4 is 20.3 Å². The lowest BCUT2D eigenvalue weighted by Crippen LogP contribution is -2.38. The van der Waals surface area contributed by atoms with Crippen molar-refractivity contribution < 1.29 is 23.9 Å². The molecule has 0 saturated heterocycles. The number of aliphatic imine (C=N–C) groups is 2. The van der Waals surface area contributed by atoms with Gasteiger partial charge in [-0.15, -0.1) is 0 Å². The van der Waals surface area contributed by atoms with E-state index in [1.165, 1.54) is 22.3 Å². The molecule has 0 fully saturated rings. The molecular formula is C75H71Cl2N7O5. The second-order valence-corrected chi connectivity index (χ2v) is 23.1. The number of anilines is 3. The molecule has 4 heterocycles. The second kappa shape index (κ2) is 29.6. The van der Waals surface area contributed by atoms with Crippen molar-refractivity contribution in [3.05, 3.63) is 283 Å². The number of pyridine rings is 2. The van der Waals surface area contributed by atoms with Gasteiger partial charge in [0.15, 0.2) is 5.78 Å². The fourth-order valence-corrected chi connectivity index (χ4v) is 11.8. The van der Waals surface area contributed by atoms with Crippen molar-refractivity contribution in [2.45, 2.75) is 104 Å². The molecule has 2 unspecified atom stereocenters. The van der Waals surface area contributed by atoms with Crippen LogP contribution in [-0.4, -0.2) is 64.1 Å². The third kappa shape index (κ3) is 15.9. The number of carbonyl (C=O) groups is 4. The highest BCUT2D eigenvalue weighted by Crippen LogP contribution is 2.35. The second-order valence-electron chi connectivity index (χ2n) is 22.2. The van der Waals surface area contributed by atoms with Crippen LogP contribution in [0.3, 0.4) is 0 Å². The molecule has 0 spiro atoms. The summed E-state index contributed by atoms with van der Waals surface area (Å²) in [5.74, 6) is 0.503. The lowest BCUT2D eigenvalue weighted by Gasteiger charge is -2.26. The quantitative estimate of drug-likeness (QED) is 0.0816. The van der Waals surface area contributed by atoms with Gasteiger partial charge in [0.05, 0.1) is 43.6 Å². The first-order valence-electron chi connectivity index (χ1n) is 30.3. The summed E-state index contributed by atoms with van der Waals surface area (Å²) in [5, 5.41) is 7.06. The Morgan fingerprint density at radius 1 is 0.528 bits per heavy atom. The van der Waals surface area contributed by atoms with Crippen LogP contribution in [0.2, 0.25) is 10.0 Å². The Balaban J connectivity index is 0.000000200. The van der Waals surface area contributed by atoms with Crippen molar-refractivity contribution in [1.82, 2.24) is 9.97 Å². The number of aryl methyl sites for hydroxylation is 4. The SMILES string of the molecule is CCc1ccc(CC2N=C(c3ccc(NC(=O)Cc4cccnc4)cc3)c3cc(Cl)ccc3CC2=O)cc1CC.CCc1ccc(CC2N=C(c3ccc(NC(=O)Cc4cccnc4)cc3)c3cc(Cl)ccc3N(Cc3ccc(OC)cc3)C2=O)cc1CC. The monoisotopic (exact) mass is 1220 g/mol. The van der Waals surface area contributed by atoms with E-state index >= 15 is 0 Å². The van der Waals surface area contributed by atoms with Gasteiger partial charge in [-0.3, -0.25) is 39.1 Å². The van der Waals surface area contributed by atoms with Gasteiger partial charge in [0.2, 0.25) is 11.8 Å². The van der Waals surface area contributed by atoms with Gasteiger partial charge >= 0.3 is 0 Å². The Bertz CT molecular complexity index is 4060. The number of amides is 3. The third-order valence-corrected chi connectivity index (χ3v) is 16.6. The highest BCUT2D eigenvalue weighted by Gasteiger charge is 2.33. The Labute approximate surface area is 531 Å². The van der Waals surface area contributed by atoms with Crippen LogP contribution in [0, 0.1) is 0 Å². The van der Waals surface area contributed by atoms with Gasteiger partial charge in [0.25, 0.3) is 5.91 Å². The van der Waals surface area contributed by atoms with Crippen LogP contribution >= 0.6 is 23.2 Å². The Morgan fingerprint density at radius 3 is 1.52 bits per heavy atom. The molecule has 11 rings (SSSR count). The normalized spacial score (nSPS) is 14.4. The molecule has 9 aromatic rings. The minimum absolute atomic E-state index is 0.0914. The number of Topliss-reactive ketones (excluding diaryl/α,β-unsaturated/α-hetero) is 1. The van der Waals surface area contributed by atoms with Crippen LogP contribution in [0.4, 0.5) is 17.1 Å². The highest BCUT2D eigenvalue weighted by molar-refractivity contribution is 6.32. The highest BCUT2D eigenvalue weighted by atomic mass is 35.5. The Hall–Kier alpha value is -9.36. The summed E-state index contributed by atoms with van der Waals surface area (Å²) in [5.41, 5.74) is 17.8. The average Bonchev–Trinajstić information content (AvgIpc) is 2.16. The molecule has 3 amide bonds. The molecule has 12 nitrogen and oxygen atoms in total. The number of benzene rings is 7. The number of nitrogens with one attached hydrogen (secondary N) is 2. The van der Waals surface area contributed by atoms with E-state index < -0.39 is 12.1 Å². The molecular weight excluding hydrogens is 1150 g/mol. The number of hydrogen-bond acceptors (Lipinski definition) is 9. The molecule has 0 aliphatic carbocycles. The summed E-state index contributed by atoms with van der Waals surface area (Å²) in [6.07, 6.45) is 12.3. The maximum absolute atomic E-state index is 14.6. The molecule has 2 aromatic heterocycles. The van der Waals surface area contributed by atoms with Crippen molar-refractivity contribution in [1.29, 1.82) is 0 Å². The standard InChI is InChI=1S/C41H39ClN4O3.C34H32ClN3O2/c1-4-30-11-8-28(21-31(30)5-2)22-37-41(48)46(26-27-9-17-35(49-3)18-10-27)38-19-14-33(42)24-36(38)40(45-37)32-12-15-34(16-13-32)44-39(47)23-29-7-6-20-43-25-29;1-3-24-8-7-22(16-25(24)4-2)17-31-32(39)19-27-9-12-28(35)20-30(27)34(38-31)26-10-13-29(14-11-26)37-33(40)18-23-6-5-15-36-21-23/h6-21,24-25,37H,4-5,22-23,26H2,1-3H3,(H,44,47);5-16,20-21,31H,3-4,17-19H2,1-2H3,(H,37,40). The van der Waals surface area contributed by atoms with Crippen molar-refractivity contribution >= 4 is 75.2 Å². The van der Waals surface area contributed by atoms with E-state index in [2.05, 4.69) is 84.7 Å². The fraction of sp³-hybridized carbons (Fsp3) is 0.227. The first-order chi connectivity index (χ1) is 43.3. The van der Waals surface area contributed by atoms with Crippen LogP contribution in [0.1, 0.15) is 106 Å². The molecule has 0 bridgehead atoms. The number of methoxy groups -OCH3 is 1. The molecule has 450 valence electrons. The largest absolute Gasteiger partial charge is 0.497 e. The smallest absolute Gasteiger partial charge is 0.252 e. The van der Waals surface area contributed by atoms with Gasteiger partial charge < -0.3 is 20.3 Å². The number of nitrogens with zero attached hydrogens (tertiary/aromatic N) is 5. The summed E-state index contributed by atoms with van der Waals surface area (Å²) in [7, 11) is 1.64. The van der Waals surface area contributed by atoms with E-state index in [-0.39, 0.29) is 36.3 Å². The number of rotatable bonds is 19. The molecule has 2 aliphatic rings. The number of halogens is 2. The van der Waals surface area contributed by atoms with Crippen LogP contribution in [0.15, 0.2) is 205 Å². The Morgan fingerprint density at radius 2 is 1.01 bits per heavy atom. The van der Waals surface area contributed by atoms with E-state index in [1.807, 2.05) is 138 Å². The third-order valence-electron chi connectivity index (χ3n) is 16.2. The van der Waals surface area contributed by atoms with E-state index in [0.29, 0.717) is 52.9 Å². The zero-order chi connectivity index (χ0) is 62.4. The van der Waals surface area contributed by atoms with E-state index in [9.17, 15) is 19.2 Å². The zero-order valence-electron chi connectivity index (χ0n) is 50.7. The van der Waals surface area contributed by atoms with E-state index in [4.69, 9.17) is 37.9 Å². The number of ether oxygens (including phenoxy) is 1. The van der Waals surface area contributed by atoms with Gasteiger partial charge in [-0.2, -0.15) is 0 Å². The number of aromatic nitrogens is 2. The fourth-order valence-electron chi connectivity index (χ4n) is 11.5. The summed E-state index contributed by atoms with van der Waals surface area (Å²) in [6.45, 7) is 9.01. The van der Waals surface area contributed by atoms with Gasteiger partial charge in [-0.25, -0.2) is 0 Å². The van der Waals surface area contributed by atoms with Crippen LogP contribution in [-0.2, 0) is 83.5 Å². The van der Waals surface area contributed by atoms with Gasteiger partial charge in [0.1, 0.15) is 17.8 Å². The van der Waals surface area contributed by atoms with Crippen molar-refractivity contribution in [3.63, 3.8) is 0 Å². The first kappa shape index (κ1) is 62.7. The Kier molecular flexibility index (Phi) is 20.8. The molecule has 7 aromatic carbocycles. The van der Waals surface area contributed by atoms with Gasteiger partial charge in [-0.05, 0) is 160 Å². The van der Waals surface area contributed by atoms with E-state index in [0.717, 1.165) is 98.5 Å². The maximum atomic E-state index is 14.6. The molecule has 14 heteroatoms. The molecule has 2 aliphatic heterocycles. The first-order valence-corrected chi connectivity index (χ1v) is 31.0. The predicted molar refractivity (Wildman–Crippen MR) is 358 cm³/mol. The van der Waals surface area contributed by atoms with Crippen LogP contribution in [0.25, 0.3) is 0 Å². The number of fused-ring (bicyclic) bond motifs is 2.